The molecule has 20 heavy (non-hydrogen) atoms. The summed E-state index contributed by atoms with van der Waals surface area (Å²) in [5.74, 6) is -0.740. The van der Waals surface area contributed by atoms with Gasteiger partial charge in [-0.05, 0) is 25.8 Å². The molecule has 1 aromatic rings. The number of likely N-dealkylation sites (tertiary alicyclic amines) is 1. The van der Waals surface area contributed by atoms with E-state index in [1.54, 1.807) is 17.9 Å². The van der Waals surface area contributed by atoms with Gasteiger partial charge in [0.1, 0.15) is 0 Å². The summed E-state index contributed by atoms with van der Waals surface area (Å²) in [5, 5.41) is 0. The lowest BCUT2D eigenvalue weighted by Gasteiger charge is -2.31. The number of nitrogens with zero attached hydrogens (tertiary/aromatic N) is 1. The van der Waals surface area contributed by atoms with Gasteiger partial charge in [0.25, 0.3) is 5.91 Å². The normalized spacial score (nSPS) is 18.6. The first-order valence-electron chi connectivity index (χ1n) is 6.76. The van der Waals surface area contributed by atoms with Gasteiger partial charge in [0.15, 0.2) is 0 Å². The van der Waals surface area contributed by atoms with Crippen LogP contribution in [0.2, 0.25) is 0 Å². The number of nitrogens with one attached hydrogen (secondary N) is 1. The first-order chi connectivity index (χ1) is 9.61. The second-order valence-electron chi connectivity index (χ2n) is 4.78. The number of esters is 1. The maximum Gasteiger partial charge on any atom is 0.310 e. The number of hydrogen-bond acceptors (Lipinski definition) is 4. The molecule has 1 aromatic heterocycles. The third-order valence-electron chi connectivity index (χ3n) is 3.35. The number of carbonyl (C=O) groups excluding carboxylic acids is 2. The lowest BCUT2D eigenvalue weighted by Crippen LogP contribution is -2.43. The fraction of sp³-hybridized carbons (Fsp3) is 0.500. The molecule has 6 nitrogen and oxygen atoms in total. The van der Waals surface area contributed by atoms with Crippen LogP contribution in [0.1, 0.15) is 30.1 Å². The minimum absolute atomic E-state index is 0.218. The molecular weight excluding hydrogens is 260 g/mol. The molecule has 0 bridgehead atoms. The van der Waals surface area contributed by atoms with Crippen molar-refractivity contribution >= 4 is 11.9 Å². The quantitative estimate of drug-likeness (QED) is 0.829. The van der Waals surface area contributed by atoms with Crippen LogP contribution in [0, 0.1) is 5.92 Å². The van der Waals surface area contributed by atoms with E-state index in [4.69, 9.17) is 4.74 Å². The number of amides is 1. The summed E-state index contributed by atoms with van der Waals surface area (Å²) in [4.78, 5) is 39.4. The van der Waals surface area contributed by atoms with Crippen molar-refractivity contribution in [3.05, 3.63) is 34.2 Å². The molecular formula is C14H18N2O4. The molecule has 0 radical (unpaired) electrons. The Morgan fingerprint density at radius 1 is 1.50 bits per heavy atom. The summed E-state index contributed by atoms with van der Waals surface area (Å²) in [6, 6.07) is 2.84. The molecule has 1 atom stereocenters. The Balaban J connectivity index is 2.07. The lowest BCUT2D eigenvalue weighted by molar-refractivity contribution is -0.149. The number of H-pyrrole nitrogens is 1. The van der Waals surface area contributed by atoms with E-state index < -0.39 is 0 Å². The Labute approximate surface area is 116 Å². The van der Waals surface area contributed by atoms with Crippen LogP contribution < -0.4 is 5.56 Å². The Morgan fingerprint density at radius 3 is 3.00 bits per heavy atom. The van der Waals surface area contributed by atoms with E-state index in [9.17, 15) is 14.4 Å². The number of carbonyl (C=O) groups is 2. The van der Waals surface area contributed by atoms with Crippen LogP contribution in [0.4, 0.5) is 0 Å². The Kier molecular flexibility index (Phi) is 4.55. The van der Waals surface area contributed by atoms with E-state index >= 15 is 0 Å². The molecule has 1 unspecified atom stereocenters. The molecule has 2 heterocycles. The van der Waals surface area contributed by atoms with E-state index in [0.29, 0.717) is 25.3 Å². The van der Waals surface area contributed by atoms with Gasteiger partial charge in [0.05, 0.1) is 12.5 Å². The summed E-state index contributed by atoms with van der Waals surface area (Å²) in [6.45, 7) is 3.06. The molecule has 1 N–H and O–H groups in total. The predicted molar refractivity (Wildman–Crippen MR) is 72.3 cm³/mol. The molecule has 1 amide bonds. The Bertz CT molecular complexity index is 552. The van der Waals surface area contributed by atoms with Crippen LogP contribution in [0.25, 0.3) is 0 Å². The summed E-state index contributed by atoms with van der Waals surface area (Å²) in [6.07, 6.45) is 2.94. The first-order valence-corrected chi connectivity index (χ1v) is 6.76. The summed E-state index contributed by atoms with van der Waals surface area (Å²) in [5.41, 5.74) is 0.0352. The van der Waals surface area contributed by atoms with Gasteiger partial charge in [-0.3, -0.25) is 14.4 Å². The van der Waals surface area contributed by atoms with Crippen molar-refractivity contribution in [1.82, 2.24) is 9.88 Å². The van der Waals surface area contributed by atoms with Gasteiger partial charge in [-0.1, -0.05) is 0 Å². The van der Waals surface area contributed by atoms with Gasteiger partial charge in [-0.2, -0.15) is 0 Å². The first kappa shape index (κ1) is 14.3. The van der Waals surface area contributed by atoms with Crippen molar-refractivity contribution in [3.63, 3.8) is 0 Å². The van der Waals surface area contributed by atoms with Gasteiger partial charge in [-0.25, -0.2) is 0 Å². The fourth-order valence-corrected chi connectivity index (χ4v) is 2.37. The monoisotopic (exact) mass is 278 g/mol. The Morgan fingerprint density at radius 2 is 2.30 bits per heavy atom. The van der Waals surface area contributed by atoms with Crippen LogP contribution in [0.5, 0.6) is 0 Å². The number of pyridine rings is 1. The molecule has 0 spiro atoms. The predicted octanol–water partition coefficient (Wildman–Crippen LogP) is 0.790. The number of hydrogen-bond donors (Lipinski definition) is 1. The van der Waals surface area contributed by atoms with Crippen LogP contribution in [0.3, 0.4) is 0 Å². The third kappa shape index (κ3) is 3.26. The second-order valence-corrected chi connectivity index (χ2v) is 4.78. The number of aromatic nitrogens is 1. The van der Waals surface area contributed by atoms with Crippen molar-refractivity contribution in [1.29, 1.82) is 0 Å². The Hall–Kier alpha value is -2.11. The molecule has 2 rings (SSSR count). The zero-order valence-electron chi connectivity index (χ0n) is 11.4. The fourth-order valence-electron chi connectivity index (χ4n) is 2.37. The van der Waals surface area contributed by atoms with Crippen LogP contribution in [-0.4, -0.2) is 41.5 Å². The molecule has 0 aliphatic carbocycles. The van der Waals surface area contributed by atoms with Crippen LogP contribution in [0.15, 0.2) is 23.1 Å². The van der Waals surface area contributed by atoms with Crippen molar-refractivity contribution in [2.24, 2.45) is 5.92 Å². The summed E-state index contributed by atoms with van der Waals surface area (Å²) >= 11 is 0. The largest absolute Gasteiger partial charge is 0.466 e. The SMILES string of the molecule is CCOC(=O)C1CCCN(C(=O)c2cc[nH]c(=O)c2)C1. The van der Waals surface area contributed by atoms with Gasteiger partial charge in [0, 0.05) is 30.9 Å². The molecule has 1 aliphatic rings. The number of piperidine rings is 1. The van der Waals surface area contributed by atoms with Crippen LogP contribution >= 0.6 is 0 Å². The van der Waals surface area contributed by atoms with Gasteiger partial charge in [-0.15, -0.1) is 0 Å². The molecule has 108 valence electrons. The third-order valence-corrected chi connectivity index (χ3v) is 3.35. The lowest BCUT2D eigenvalue weighted by atomic mass is 9.97. The van der Waals surface area contributed by atoms with Gasteiger partial charge in [0.2, 0.25) is 5.56 Å². The van der Waals surface area contributed by atoms with Crippen molar-refractivity contribution in [2.45, 2.75) is 19.8 Å². The average molecular weight is 278 g/mol. The van der Waals surface area contributed by atoms with E-state index in [0.717, 1.165) is 12.8 Å². The molecule has 1 fully saturated rings. The highest BCUT2D eigenvalue weighted by Gasteiger charge is 2.29. The molecule has 0 aromatic carbocycles. The van der Waals surface area contributed by atoms with E-state index in [1.165, 1.54) is 12.3 Å². The minimum Gasteiger partial charge on any atom is -0.466 e. The second kappa shape index (κ2) is 6.36. The van der Waals surface area contributed by atoms with E-state index in [-0.39, 0.29) is 23.4 Å². The number of rotatable bonds is 3. The van der Waals surface area contributed by atoms with Gasteiger partial charge >= 0.3 is 5.97 Å². The maximum atomic E-state index is 12.3. The zero-order valence-corrected chi connectivity index (χ0v) is 11.4. The average Bonchev–Trinajstić information content (AvgIpc) is 2.47. The van der Waals surface area contributed by atoms with Crippen LogP contribution in [-0.2, 0) is 9.53 Å². The summed E-state index contributed by atoms with van der Waals surface area (Å²) < 4.78 is 5.00. The van der Waals surface area contributed by atoms with Crippen molar-refractivity contribution in [2.75, 3.05) is 19.7 Å². The molecule has 1 aliphatic heterocycles. The topological polar surface area (TPSA) is 79.5 Å². The highest BCUT2D eigenvalue weighted by Crippen LogP contribution is 2.19. The minimum atomic E-state index is -0.310. The summed E-state index contributed by atoms with van der Waals surface area (Å²) in [7, 11) is 0. The molecule has 1 saturated heterocycles. The standard InChI is InChI=1S/C14H18N2O4/c1-2-20-14(19)11-4-3-7-16(9-11)13(18)10-5-6-15-12(17)8-10/h5-6,8,11H,2-4,7,9H2,1H3,(H,15,17). The van der Waals surface area contributed by atoms with E-state index in [1.807, 2.05) is 0 Å². The van der Waals surface area contributed by atoms with Crippen molar-refractivity contribution in [3.8, 4) is 0 Å². The smallest absolute Gasteiger partial charge is 0.310 e. The highest BCUT2D eigenvalue weighted by atomic mass is 16.5. The zero-order chi connectivity index (χ0) is 14.5. The molecule has 0 saturated carbocycles. The number of aromatic amines is 1. The highest BCUT2D eigenvalue weighted by molar-refractivity contribution is 5.94. The van der Waals surface area contributed by atoms with Crippen molar-refractivity contribution < 1.29 is 14.3 Å². The number of ether oxygens (including phenoxy) is 1. The maximum absolute atomic E-state index is 12.3. The van der Waals surface area contributed by atoms with Gasteiger partial charge < -0.3 is 14.6 Å². The van der Waals surface area contributed by atoms with E-state index in [2.05, 4.69) is 4.98 Å². The molecule has 6 heteroatoms.